The summed E-state index contributed by atoms with van der Waals surface area (Å²) >= 11 is 0. The summed E-state index contributed by atoms with van der Waals surface area (Å²) in [6, 6.07) is 5.71. The predicted octanol–water partition coefficient (Wildman–Crippen LogP) is 2.04. The van der Waals surface area contributed by atoms with Crippen molar-refractivity contribution in [2.45, 2.75) is 20.4 Å². The summed E-state index contributed by atoms with van der Waals surface area (Å²) in [6.07, 6.45) is 5.62. The number of carbonyl (C=O) groups is 1. The van der Waals surface area contributed by atoms with Crippen molar-refractivity contribution in [2.75, 3.05) is 6.54 Å². The van der Waals surface area contributed by atoms with Crippen LogP contribution in [-0.2, 0) is 13.6 Å². The SMILES string of the molecule is CCN(Cc1cn(C)nc1C)C(=O)c1cn2ccccc2n1. The second-order valence-electron chi connectivity index (χ2n) is 5.32. The Hall–Kier alpha value is -2.63. The molecule has 0 saturated carbocycles. The van der Waals surface area contributed by atoms with Crippen LogP contribution >= 0.6 is 0 Å². The van der Waals surface area contributed by atoms with Crippen molar-refractivity contribution < 1.29 is 4.79 Å². The lowest BCUT2D eigenvalue weighted by Crippen LogP contribution is -2.30. The van der Waals surface area contributed by atoms with E-state index in [0.717, 1.165) is 16.9 Å². The summed E-state index contributed by atoms with van der Waals surface area (Å²) in [5.41, 5.74) is 3.25. The predicted molar refractivity (Wildman–Crippen MR) is 83.6 cm³/mol. The highest BCUT2D eigenvalue weighted by atomic mass is 16.2. The van der Waals surface area contributed by atoms with E-state index in [1.807, 2.05) is 55.9 Å². The first kappa shape index (κ1) is 14.3. The van der Waals surface area contributed by atoms with E-state index >= 15 is 0 Å². The molecule has 3 aromatic heterocycles. The average Bonchev–Trinajstić information content (AvgIpc) is 3.07. The quantitative estimate of drug-likeness (QED) is 0.740. The van der Waals surface area contributed by atoms with Crippen LogP contribution < -0.4 is 0 Å². The average molecular weight is 297 g/mol. The zero-order valence-corrected chi connectivity index (χ0v) is 13.0. The van der Waals surface area contributed by atoms with Crippen LogP contribution in [0.25, 0.3) is 5.65 Å². The van der Waals surface area contributed by atoms with Crippen LogP contribution in [0.2, 0.25) is 0 Å². The van der Waals surface area contributed by atoms with Crippen LogP contribution in [-0.4, -0.2) is 36.5 Å². The third-order valence-corrected chi connectivity index (χ3v) is 3.73. The molecule has 0 bridgehead atoms. The highest BCUT2D eigenvalue weighted by Gasteiger charge is 2.19. The molecular formula is C16H19N5O. The molecule has 0 radical (unpaired) electrons. The fourth-order valence-electron chi connectivity index (χ4n) is 2.54. The molecule has 6 heteroatoms. The van der Waals surface area contributed by atoms with Crippen LogP contribution in [0.1, 0.15) is 28.7 Å². The molecule has 0 aliphatic carbocycles. The highest BCUT2D eigenvalue weighted by Crippen LogP contribution is 2.13. The Labute approximate surface area is 129 Å². The Bertz CT molecular complexity index is 784. The number of nitrogens with zero attached hydrogens (tertiary/aromatic N) is 5. The topological polar surface area (TPSA) is 55.4 Å². The van der Waals surface area contributed by atoms with Crippen molar-refractivity contribution in [1.29, 1.82) is 0 Å². The summed E-state index contributed by atoms with van der Waals surface area (Å²) in [4.78, 5) is 18.9. The number of amides is 1. The Balaban J connectivity index is 1.86. The van der Waals surface area contributed by atoms with Gasteiger partial charge in [0.2, 0.25) is 0 Å². The van der Waals surface area contributed by atoms with Gasteiger partial charge in [0.1, 0.15) is 11.3 Å². The number of hydrogen-bond acceptors (Lipinski definition) is 3. The molecule has 0 spiro atoms. The molecule has 3 aromatic rings. The Kier molecular flexibility index (Phi) is 3.66. The van der Waals surface area contributed by atoms with E-state index in [-0.39, 0.29) is 5.91 Å². The lowest BCUT2D eigenvalue weighted by atomic mass is 10.2. The van der Waals surface area contributed by atoms with E-state index in [1.54, 1.807) is 15.8 Å². The van der Waals surface area contributed by atoms with Gasteiger partial charge in [-0.05, 0) is 26.0 Å². The fraction of sp³-hybridized carbons (Fsp3) is 0.312. The number of hydrogen-bond donors (Lipinski definition) is 0. The van der Waals surface area contributed by atoms with Gasteiger partial charge in [-0.3, -0.25) is 9.48 Å². The Morgan fingerprint density at radius 3 is 2.77 bits per heavy atom. The molecule has 1 amide bonds. The van der Waals surface area contributed by atoms with Gasteiger partial charge in [-0.15, -0.1) is 0 Å². The Morgan fingerprint density at radius 1 is 1.32 bits per heavy atom. The largest absolute Gasteiger partial charge is 0.333 e. The van der Waals surface area contributed by atoms with Crippen molar-refractivity contribution in [3.63, 3.8) is 0 Å². The highest BCUT2D eigenvalue weighted by molar-refractivity contribution is 5.92. The van der Waals surface area contributed by atoms with Crippen molar-refractivity contribution in [1.82, 2.24) is 24.1 Å². The molecular weight excluding hydrogens is 278 g/mol. The van der Waals surface area contributed by atoms with Gasteiger partial charge in [0.15, 0.2) is 0 Å². The van der Waals surface area contributed by atoms with Crippen LogP contribution in [0.5, 0.6) is 0 Å². The van der Waals surface area contributed by atoms with E-state index in [2.05, 4.69) is 10.1 Å². The van der Waals surface area contributed by atoms with E-state index in [0.29, 0.717) is 18.8 Å². The zero-order valence-electron chi connectivity index (χ0n) is 13.0. The molecule has 3 heterocycles. The maximum Gasteiger partial charge on any atom is 0.274 e. The van der Waals surface area contributed by atoms with Gasteiger partial charge in [0, 0.05) is 44.3 Å². The summed E-state index contributed by atoms with van der Waals surface area (Å²) in [5.74, 6) is -0.0607. The van der Waals surface area contributed by atoms with Crippen molar-refractivity contribution in [2.24, 2.45) is 7.05 Å². The molecule has 22 heavy (non-hydrogen) atoms. The van der Waals surface area contributed by atoms with E-state index in [1.165, 1.54) is 0 Å². The first-order valence-corrected chi connectivity index (χ1v) is 7.30. The molecule has 0 atom stereocenters. The molecule has 0 aliphatic heterocycles. The van der Waals surface area contributed by atoms with Crippen molar-refractivity contribution in [3.05, 3.63) is 53.7 Å². The number of fused-ring (bicyclic) bond motifs is 1. The minimum Gasteiger partial charge on any atom is -0.333 e. The normalized spacial score (nSPS) is 11.0. The minimum absolute atomic E-state index is 0.0607. The van der Waals surface area contributed by atoms with Crippen molar-refractivity contribution >= 4 is 11.6 Å². The fourth-order valence-corrected chi connectivity index (χ4v) is 2.54. The first-order chi connectivity index (χ1) is 10.6. The molecule has 0 fully saturated rings. The van der Waals surface area contributed by atoms with Gasteiger partial charge in [-0.2, -0.15) is 5.10 Å². The van der Waals surface area contributed by atoms with Crippen molar-refractivity contribution in [3.8, 4) is 0 Å². The second-order valence-corrected chi connectivity index (χ2v) is 5.32. The molecule has 0 aliphatic rings. The second kappa shape index (κ2) is 5.63. The lowest BCUT2D eigenvalue weighted by molar-refractivity contribution is 0.0747. The molecule has 6 nitrogen and oxygen atoms in total. The van der Waals surface area contributed by atoms with Crippen LogP contribution in [0.15, 0.2) is 36.8 Å². The summed E-state index contributed by atoms with van der Waals surface area (Å²) in [7, 11) is 1.89. The van der Waals surface area contributed by atoms with Gasteiger partial charge in [0.25, 0.3) is 5.91 Å². The summed E-state index contributed by atoms with van der Waals surface area (Å²) in [6.45, 7) is 5.10. The standard InChI is InChI=1S/C16H19N5O/c1-4-20(10-13-9-19(3)18-12(13)2)16(22)14-11-21-8-6-5-7-15(21)17-14/h5-9,11H,4,10H2,1-3H3. The molecule has 3 rings (SSSR count). The monoisotopic (exact) mass is 297 g/mol. The number of pyridine rings is 1. The Morgan fingerprint density at radius 2 is 2.14 bits per heavy atom. The number of rotatable bonds is 4. The third-order valence-electron chi connectivity index (χ3n) is 3.73. The van der Waals surface area contributed by atoms with E-state index in [9.17, 15) is 4.79 Å². The smallest absolute Gasteiger partial charge is 0.274 e. The number of imidazole rings is 1. The van der Waals surface area contributed by atoms with Gasteiger partial charge in [0.05, 0.1) is 5.69 Å². The minimum atomic E-state index is -0.0607. The molecule has 0 unspecified atom stereocenters. The van der Waals surface area contributed by atoms with Gasteiger partial charge < -0.3 is 9.30 Å². The lowest BCUT2D eigenvalue weighted by Gasteiger charge is -2.19. The van der Waals surface area contributed by atoms with E-state index in [4.69, 9.17) is 0 Å². The maximum absolute atomic E-state index is 12.7. The maximum atomic E-state index is 12.7. The summed E-state index contributed by atoms with van der Waals surface area (Å²) in [5, 5.41) is 4.32. The molecule has 0 saturated heterocycles. The molecule has 114 valence electrons. The van der Waals surface area contributed by atoms with Crippen LogP contribution in [0.3, 0.4) is 0 Å². The first-order valence-electron chi connectivity index (χ1n) is 7.30. The van der Waals surface area contributed by atoms with Gasteiger partial charge in [-0.1, -0.05) is 6.07 Å². The number of aromatic nitrogens is 4. The molecule has 0 aromatic carbocycles. The number of aryl methyl sites for hydroxylation is 2. The number of carbonyl (C=O) groups excluding carboxylic acids is 1. The third kappa shape index (κ3) is 2.59. The summed E-state index contributed by atoms with van der Waals surface area (Å²) < 4.78 is 3.63. The van der Waals surface area contributed by atoms with Crippen LogP contribution in [0, 0.1) is 6.92 Å². The van der Waals surface area contributed by atoms with Crippen LogP contribution in [0.4, 0.5) is 0 Å². The van der Waals surface area contributed by atoms with Gasteiger partial charge >= 0.3 is 0 Å². The molecule has 0 N–H and O–H groups in total. The van der Waals surface area contributed by atoms with E-state index < -0.39 is 0 Å². The zero-order chi connectivity index (χ0) is 15.7. The van der Waals surface area contributed by atoms with Gasteiger partial charge in [-0.25, -0.2) is 4.98 Å².